The first-order valence-electron chi connectivity index (χ1n) is 4.31. The first-order chi connectivity index (χ1) is 6.09. The predicted molar refractivity (Wildman–Crippen MR) is 58.8 cm³/mol. The van der Waals surface area contributed by atoms with Gasteiger partial charge in [-0.3, -0.25) is 0 Å². The Hall–Kier alpha value is -0.950. The van der Waals surface area contributed by atoms with E-state index in [0.29, 0.717) is 6.04 Å². The van der Waals surface area contributed by atoms with Gasteiger partial charge in [0.25, 0.3) is 0 Å². The van der Waals surface area contributed by atoms with Crippen LogP contribution in [0, 0.1) is 0 Å². The second kappa shape index (κ2) is 4.33. The van der Waals surface area contributed by atoms with Crippen LogP contribution >= 0.6 is 11.6 Å². The van der Waals surface area contributed by atoms with Crippen LogP contribution in [0.15, 0.2) is 30.8 Å². The van der Waals surface area contributed by atoms with Gasteiger partial charge in [-0.05, 0) is 31.5 Å². The molecule has 0 amide bonds. The molecule has 0 bridgehead atoms. The average Bonchev–Trinajstić information content (AvgIpc) is 2.04. The second-order valence-corrected chi connectivity index (χ2v) is 3.72. The van der Waals surface area contributed by atoms with Crippen molar-refractivity contribution in [1.82, 2.24) is 5.32 Å². The molecule has 0 aliphatic rings. The summed E-state index contributed by atoms with van der Waals surface area (Å²) in [5, 5.41) is 3.99. The lowest BCUT2D eigenvalue weighted by molar-refractivity contribution is 0.718. The number of hydrogen-bond acceptors (Lipinski definition) is 1. The molecule has 0 aliphatic heterocycles. The van der Waals surface area contributed by atoms with E-state index in [1.807, 2.05) is 24.3 Å². The third-order valence-corrected chi connectivity index (χ3v) is 1.91. The maximum Gasteiger partial charge on any atom is 0.0406 e. The third-order valence-electron chi connectivity index (χ3n) is 1.66. The molecule has 0 heterocycles. The summed E-state index contributed by atoms with van der Waals surface area (Å²) in [5.74, 6) is 0. The van der Waals surface area contributed by atoms with Gasteiger partial charge in [-0.25, -0.2) is 0 Å². The van der Waals surface area contributed by atoms with Gasteiger partial charge in [0.1, 0.15) is 0 Å². The molecule has 1 aromatic rings. The molecule has 70 valence electrons. The smallest absolute Gasteiger partial charge is 0.0406 e. The van der Waals surface area contributed by atoms with Gasteiger partial charge < -0.3 is 5.32 Å². The fraction of sp³-hybridized carbons (Fsp3) is 0.273. The highest BCUT2D eigenvalue weighted by atomic mass is 35.5. The highest BCUT2D eigenvalue weighted by molar-refractivity contribution is 6.30. The maximum atomic E-state index is 5.77. The molecule has 1 aromatic carbocycles. The molecule has 0 atom stereocenters. The van der Waals surface area contributed by atoms with Crippen LogP contribution in [0.25, 0.3) is 5.70 Å². The summed E-state index contributed by atoms with van der Waals surface area (Å²) >= 11 is 5.77. The Kier molecular flexibility index (Phi) is 3.38. The van der Waals surface area contributed by atoms with Crippen molar-refractivity contribution in [2.24, 2.45) is 0 Å². The lowest BCUT2D eigenvalue weighted by atomic mass is 10.1. The molecule has 0 saturated carbocycles. The van der Waals surface area contributed by atoms with Gasteiger partial charge in [0.05, 0.1) is 0 Å². The molecule has 0 unspecified atom stereocenters. The largest absolute Gasteiger partial charge is 0.383 e. The van der Waals surface area contributed by atoms with Gasteiger partial charge >= 0.3 is 0 Å². The lowest BCUT2D eigenvalue weighted by Crippen LogP contribution is -2.20. The molecular weight excluding hydrogens is 182 g/mol. The molecule has 1 N–H and O–H groups in total. The van der Waals surface area contributed by atoms with Gasteiger partial charge in [0.15, 0.2) is 0 Å². The average molecular weight is 196 g/mol. The summed E-state index contributed by atoms with van der Waals surface area (Å²) in [6.07, 6.45) is 0. The van der Waals surface area contributed by atoms with Crippen molar-refractivity contribution >= 4 is 17.3 Å². The van der Waals surface area contributed by atoms with E-state index in [0.717, 1.165) is 16.3 Å². The van der Waals surface area contributed by atoms with Gasteiger partial charge in [-0.15, -0.1) is 0 Å². The van der Waals surface area contributed by atoms with Crippen molar-refractivity contribution in [2.75, 3.05) is 0 Å². The lowest BCUT2D eigenvalue weighted by Gasteiger charge is -2.12. The van der Waals surface area contributed by atoms with Gasteiger partial charge in [0.2, 0.25) is 0 Å². The van der Waals surface area contributed by atoms with Crippen molar-refractivity contribution in [3.63, 3.8) is 0 Å². The van der Waals surface area contributed by atoms with E-state index in [-0.39, 0.29) is 0 Å². The zero-order valence-electron chi connectivity index (χ0n) is 7.97. The van der Waals surface area contributed by atoms with Crippen LogP contribution in [0.1, 0.15) is 19.4 Å². The van der Waals surface area contributed by atoms with Crippen LogP contribution in [0.2, 0.25) is 5.02 Å². The summed E-state index contributed by atoms with van der Waals surface area (Å²) in [6, 6.07) is 8.05. The van der Waals surface area contributed by atoms with Gasteiger partial charge in [-0.2, -0.15) is 0 Å². The number of benzene rings is 1. The molecule has 0 radical (unpaired) electrons. The van der Waals surface area contributed by atoms with Crippen molar-refractivity contribution in [3.05, 3.63) is 41.4 Å². The summed E-state index contributed by atoms with van der Waals surface area (Å²) in [4.78, 5) is 0. The molecule has 0 spiro atoms. The molecule has 1 nitrogen and oxygen atoms in total. The number of hydrogen-bond donors (Lipinski definition) is 1. The standard InChI is InChI=1S/C11H14ClN/c1-8(2)13-9(3)10-4-6-11(12)7-5-10/h4-8,13H,3H2,1-2H3. The fourth-order valence-electron chi connectivity index (χ4n) is 1.08. The van der Waals surface area contributed by atoms with Gasteiger partial charge in [0, 0.05) is 16.8 Å². The van der Waals surface area contributed by atoms with E-state index in [4.69, 9.17) is 11.6 Å². The predicted octanol–water partition coefficient (Wildman–Crippen LogP) is 3.31. The zero-order chi connectivity index (χ0) is 9.84. The van der Waals surface area contributed by atoms with Crippen molar-refractivity contribution in [1.29, 1.82) is 0 Å². The van der Waals surface area contributed by atoms with E-state index in [9.17, 15) is 0 Å². The van der Waals surface area contributed by atoms with Crippen LogP contribution in [-0.4, -0.2) is 6.04 Å². The van der Waals surface area contributed by atoms with Crippen LogP contribution in [0.4, 0.5) is 0 Å². The minimum atomic E-state index is 0.406. The van der Waals surface area contributed by atoms with Crippen molar-refractivity contribution < 1.29 is 0 Å². The summed E-state index contributed by atoms with van der Waals surface area (Å²) < 4.78 is 0. The fourth-order valence-corrected chi connectivity index (χ4v) is 1.21. The van der Waals surface area contributed by atoms with Gasteiger partial charge in [-0.1, -0.05) is 30.3 Å². The monoisotopic (exact) mass is 195 g/mol. The molecule has 0 aromatic heterocycles. The molecule has 0 aliphatic carbocycles. The van der Waals surface area contributed by atoms with Crippen LogP contribution in [0.5, 0.6) is 0 Å². The van der Waals surface area contributed by atoms with Crippen LogP contribution in [-0.2, 0) is 0 Å². The maximum absolute atomic E-state index is 5.77. The first-order valence-corrected chi connectivity index (χ1v) is 4.69. The van der Waals surface area contributed by atoms with E-state index in [1.54, 1.807) is 0 Å². The quantitative estimate of drug-likeness (QED) is 0.781. The minimum Gasteiger partial charge on any atom is -0.383 e. The second-order valence-electron chi connectivity index (χ2n) is 3.28. The van der Waals surface area contributed by atoms with Crippen molar-refractivity contribution in [3.8, 4) is 0 Å². The molecule has 0 saturated heterocycles. The molecule has 2 heteroatoms. The van der Waals surface area contributed by atoms with E-state index in [2.05, 4.69) is 25.7 Å². The third kappa shape index (κ3) is 3.11. The molecule has 1 rings (SSSR count). The highest BCUT2D eigenvalue weighted by Gasteiger charge is 1.99. The Morgan fingerprint density at radius 2 is 1.85 bits per heavy atom. The molecular formula is C11H14ClN. The highest BCUT2D eigenvalue weighted by Crippen LogP contribution is 2.14. The molecule has 0 fully saturated rings. The summed E-state index contributed by atoms with van der Waals surface area (Å²) in [5.41, 5.74) is 2.02. The molecule has 13 heavy (non-hydrogen) atoms. The van der Waals surface area contributed by atoms with E-state index in [1.165, 1.54) is 0 Å². The minimum absolute atomic E-state index is 0.406. The number of rotatable bonds is 3. The Balaban J connectivity index is 2.72. The topological polar surface area (TPSA) is 12.0 Å². The summed E-state index contributed by atoms with van der Waals surface area (Å²) in [7, 11) is 0. The first kappa shape index (κ1) is 10.1. The Labute approximate surface area is 84.4 Å². The van der Waals surface area contributed by atoms with Crippen molar-refractivity contribution in [2.45, 2.75) is 19.9 Å². The SMILES string of the molecule is C=C(NC(C)C)c1ccc(Cl)cc1. The summed E-state index contributed by atoms with van der Waals surface area (Å²) in [6.45, 7) is 8.11. The Morgan fingerprint density at radius 1 is 1.31 bits per heavy atom. The van der Waals surface area contributed by atoms with Crippen LogP contribution < -0.4 is 5.32 Å². The Morgan fingerprint density at radius 3 is 2.31 bits per heavy atom. The number of halogens is 1. The Bertz CT molecular complexity index is 287. The number of nitrogens with one attached hydrogen (secondary N) is 1. The normalized spacial score (nSPS) is 10.2. The zero-order valence-corrected chi connectivity index (χ0v) is 8.73. The van der Waals surface area contributed by atoms with E-state index < -0.39 is 0 Å². The van der Waals surface area contributed by atoms with E-state index >= 15 is 0 Å². The van der Waals surface area contributed by atoms with Crippen LogP contribution in [0.3, 0.4) is 0 Å².